The molecule has 2 fully saturated rings. The maximum Gasteiger partial charge on any atom is 0.410 e. The van der Waals surface area contributed by atoms with Gasteiger partial charge in [-0.2, -0.15) is 5.10 Å². The van der Waals surface area contributed by atoms with Gasteiger partial charge in [-0.15, -0.1) is 0 Å². The average molecular weight is 264 g/mol. The van der Waals surface area contributed by atoms with Crippen LogP contribution in [0.3, 0.4) is 0 Å². The maximum absolute atomic E-state index is 11.9. The molecule has 2 aliphatic rings. The zero-order valence-corrected chi connectivity index (χ0v) is 11.1. The van der Waals surface area contributed by atoms with E-state index >= 15 is 0 Å². The minimum Gasteiger partial charge on any atom is -0.446 e. The maximum atomic E-state index is 11.9. The van der Waals surface area contributed by atoms with Crippen molar-refractivity contribution < 1.29 is 9.53 Å². The Morgan fingerprint density at radius 1 is 1.53 bits per heavy atom. The average Bonchev–Trinajstić information content (AvgIpc) is 2.96. The van der Waals surface area contributed by atoms with Crippen molar-refractivity contribution in [3.8, 4) is 0 Å². The number of carbonyl (C=O) groups is 1. The first kappa shape index (κ1) is 12.3. The Labute approximate surface area is 112 Å². The summed E-state index contributed by atoms with van der Waals surface area (Å²) in [7, 11) is 0. The van der Waals surface area contributed by atoms with Crippen LogP contribution in [-0.4, -0.2) is 39.9 Å². The Balaban J connectivity index is 1.53. The van der Waals surface area contributed by atoms with E-state index in [0.29, 0.717) is 17.8 Å². The number of aromatic nitrogens is 2. The quantitative estimate of drug-likeness (QED) is 0.854. The van der Waals surface area contributed by atoms with E-state index in [1.54, 1.807) is 4.90 Å². The Morgan fingerprint density at radius 3 is 2.95 bits per heavy atom. The molecule has 1 saturated heterocycles. The number of nitrogens with two attached hydrogens (primary N) is 1. The number of carbonyl (C=O) groups excluding carboxylic acids is 1. The number of amides is 1. The summed E-state index contributed by atoms with van der Waals surface area (Å²) in [5, 5.41) is 6.89. The minimum atomic E-state index is -0.159. The molecule has 0 radical (unpaired) electrons. The van der Waals surface area contributed by atoms with Gasteiger partial charge in [0, 0.05) is 30.3 Å². The topological polar surface area (TPSA) is 84.2 Å². The predicted molar refractivity (Wildman–Crippen MR) is 70.6 cm³/mol. The molecule has 1 amide bonds. The highest BCUT2D eigenvalue weighted by atomic mass is 16.6. The van der Waals surface area contributed by atoms with E-state index in [0.717, 1.165) is 37.9 Å². The van der Waals surface area contributed by atoms with Crippen molar-refractivity contribution in [1.29, 1.82) is 0 Å². The zero-order valence-electron chi connectivity index (χ0n) is 11.1. The molecule has 1 aromatic rings. The number of nitrogens with zero attached hydrogens (tertiary/aromatic N) is 2. The number of rotatable bonds is 2. The van der Waals surface area contributed by atoms with Gasteiger partial charge < -0.3 is 15.4 Å². The van der Waals surface area contributed by atoms with Crippen LogP contribution >= 0.6 is 0 Å². The SMILES string of the molecule is CC1CCN1C(=O)OC1CCC(c2cc(N)n[nH]2)C1. The third-order valence-electron chi connectivity index (χ3n) is 4.26. The van der Waals surface area contributed by atoms with E-state index in [1.807, 2.05) is 6.07 Å². The number of anilines is 1. The fourth-order valence-electron chi connectivity index (χ4n) is 2.89. The standard InChI is InChI=1S/C13H20N4O2/c1-8-4-5-17(8)13(18)19-10-3-2-9(6-10)11-7-12(14)16-15-11/h7-10H,2-6H2,1H3,(H3,14,15,16). The molecule has 0 bridgehead atoms. The molecule has 1 aliphatic heterocycles. The molecule has 6 heteroatoms. The normalized spacial score (nSPS) is 30.2. The van der Waals surface area contributed by atoms with Gasteiger partial charge in [0.1, 0.15) is 11.9 Å². The van der Waals surface area contributed by atoms with Crippen molar-refractivity contribution in [2.75, 3.05) is 12.3 Å². The highest BCUT2D eigenvalue weighted by molar-refractivity contribution is 5.69. The zero-order chi connectivity index (χ0) is 13.4. The van der Waals surface area contributed by atoms with Gasteiger partial charge in [-0.1, -0.05) is 0 Å². The minimum absolute atomic E-state index is 0.0230. The van der Waals surface area contributed by atoms with Crippen LogP contribution in [0, 0.1) is 0 Å². The Kier molecular flexibility index (Phi) is 3.08. The molecule has 3 unspecified atom stereocenters. The van der Waals surface area contributed by atoms with E-state index in [-0.39, 0.29) is 12.2 Å². The Bertz CT molecular complexity index is 473. The van der Waals surface area contributed by atoms with Crippen molar-refractivity contribution in [2.45, 2.75) is 50.7 Å². The molecular formula is C13H20N4O2. The number of hydrogen-bond donors (Lipinski definition) is 2. The molecule has 1 saturated carbocycles. The highest BCUT2D eigenvalue weighted by Crippen LogP contribution is 2.36. The van der Waals surface area contributed by atoms with Crippen LogP contribution in [0.5, 0.6) is 0 Å². The van der Waals surface area contributed by atoms with Gasteiger partial charge >= 0.3 is 6.09 Å². The Morgan fingerprint density at radius 2 is 2.37 bits per heavy atom. The fraction of sp³-hybridized carbons (Fsp3) is 0.692. The summed E-state index contributed by atoms with van der Waals surface area (Å²) in [4.78, 5) is 13.7. The van der Waals surface area contributed by atoms with E-state index in [1.165, 1.54) is 0 Å². The second-order valence-corrected chi connectivity index (χ2v) is 5.59. The van der Waals surface area contributed by atoms with Gasteiger partial charge in [0.25, 0.3) is 0 Å². The molecule has 1 aromatic heterocycles. The molecule has 6 nitrogen and oxygen atoms in total. The van der Waals surface area contributed by atoms with Crippen LogP contribution in [0.1, 0.15) is 44.2 Å². The third-order valence-corrected chi connectivity index (χ3v) is 4.26. The molecule has 104 valence electrons. The number of H-pyrrole nitrogens is 1. The van der Waals surface area contributed by atoms with E-state index in [2.05, 4.69) is 17.1 Å². The number of nitrogen functional groups attached to an aromatic ring is 1. The van der Waals surface area contributed by atoms with Gasteiger partial charge in [0.15, 0.2) is 0 Å². The van der Waals surface area contributed by atoms with E-state index in [9.17, 15) is 4.79 Å². The summed E-state index contributed by atoms with van der Waals surface area (Å²) in [6, 6.07) is 2.20. The lowest BCUT2D eigenvalue weighted by Crippen LogP contribution is -2.50. The van der Waals surface area contributed by atoms with Crippen LogP contribution in [0.4, 0.5) is 10.6 Å². The molecule has 3 rings (SSSR count). The highest BCUT2D eigenvalue weighted by Gasteiger charge is 2.34. The second kappa shape index (κ2) is 4.75. The molecule has 2 heterocycles. The number of likely N-dealkylation sites (tertiary alicyclic amines) is 1. The molecule has 19 heavy (non-hydrogen) atoms. The predicted octanol–water partition coefficient (Wildman–Crippen LogP) is 1.86. The van der Waals surface area contributed by atoms with Crippen molar-refractivity contribution in [2.24, 2.45) is 0 Å². The Hall–Kier alpha value is -1.72. The van der Waals surface area contributed by atoms with Crippen LogP contribution in [0.15, 0.2) is 6.07 Å². The smallest absolute Gasteiger partial charge is 0.410 e. The third kappa shape index (κ3) is 2.39. The van der Waals surface area contributed by atoms with Crippen LogP contribution in [0.2, 0.25) is 0 Å². The summed E-state index contributed by atoms with van der Waals surface area (Å²) >= 11 is 0. The van der Waals surface area contributed by atoms with Crippen molar-refractivity contribution in [3.63, 3.8) is 0 Å². The monoisotopic (exact) mass is 264 g/mol. The lowest BCUT2D eigenvalue weighted by atomic mass is 10.0. The van der Waals surface area contributed by atoms with Crippen molar-refractivity contribution in [1.82, 2.24) is 15.1 Å². The molecule has 1 aliphatic carbocycles. The first-order valence-corrected chi connectivity index (χ1v) is 6.91. The number of nitrogens with one attached hydrogen (secondary N) is 1. The summed E-state index contributed by atoms with van der Waals surface area (Å²) in [6.45, 7) is 2.88. The number of ether oxygens (including phenoxy) is 1. The molecular weight excluding hydrogens is 244 g/mol. The number of aromatic amines is 1. The number of hydrogen-bond acceptors (Lipinski definition) is 4. The first-order chi connectivity index (χ1) is 9.13. The largest absolute Gasteiger partial charge is 0.446 e. The van der Waals surface area contributed by atoms with Crippen molar-refractivity contribution >= 4 is 11.9 Å². The molecule has 3 N–H and O–H groups in total. The van der Waals surface area contributed by atoms with E-state index in [4.69, 9.17) is 10.5 Å². The molecule has 0 spiro atoms. The molecule has 0 aromatic carbocycles. The van der Waals surface area contributed by atoms with Gasteiger partial charge in [-0.3, -0.25) is 5.10 Å². The summed E-state index contributed by atoms with van der Waals surface area (Å²) in [6.07, 6.45) is 3.72. The lowest BCUT2D eigenvalue weighted by molar-refractivity contribution is 0.0281. The van der Waals surface area contributed by atoms with Crippen LogP contribution < -0.4 is 5.73 Å². The summed E-state index contributed by atoms with van der Waals surface area (Å²) < 4.78 is 5.57. The van der Waals surface area contributed by atoms with E-state index < -0.39 is 0 Å². The molecule has 3 atom stereocenters. The van der Waals surface area contributed by atoms with Crippen LogP contribution in [-0.2, 0) is 4.74 Å². The van der Waals surface area contributed by atoms with Crippen molar-refractivity contribution in [3.05, 3.63) is 11.8 Å². The second-order valence-electron chi connectivity index (χ2n) is 5.59. The lowest BCUT2D eigenvalue weighted by Gasteiger charge is -2.38. The van der Waals surface area contributed by atoms with Gasteiger partial charge in [-0.25, -0.2) is 4.79 Å². The van der Waals surface area contributed by atoms with Gasteiger partial charge in [0.2, 0.25) is 0 Å². The first-order valence-electron chi connectivity index (χ1n) is 6.91. The van der Waals surface area contributed by atoms with Gasteiger partial charge in [-0.05, 0) is 32.6 Å². The van der Waals surface area contributed by atoms with Crippen LogP contribution in [0.25, 0.3) is 0 Å². The summed E-state index contributed by atoms with van der Waals surface area (Å²) in [5.74, 6) is 0.890. The van der Waals surface area contributed by atoms with Gasteiger partial charge in [0.05, 0.1) is 0 Å². The summed E-state index contributed by atoms with van der Waals surface area (Å²) in [5.41, 5.74) is 6.66. The fourth-order valence-corrected chi connectivity index (χ4v) is 2.89.